The van der Waals surface area contributed by atoms with E-state index in [0.717, 1.165) is 19.3 Å². The second-order valence-electron chi connectivity index (χ2n) is 7.11. The number of nitrogens with two attached hydrogens (primary N) is 1. The quantitative estimate of drug-likeness (QED) is 0.919. The Morgan fingerprint density at radius 2 is 2.17 bits per heavy atom. The molecule has 1 aliphatic heterocycles. The molecule has 2 aromatic heterocycles. The van der Waals surface area contributed by atoms with E-state index >= 15 is 0 Å². The molecule has 0 radical (unpaired) electrons. The molecule has 2 N–H and O–H groups in total. The van der Waals surface area contributed by atoms with Crippen LogP contribution in [0.5, 0.6) is 0 Å². The Balaban J connectivity index is 1.99. The first-order valence-electron chi connectivity index (χ1n) is 8.13. The molecule has 5 nitrogen and oxygen atoms in total. The molecule has 4 rings (SSSR count). The highest BCUT2D eigenvalue weighted by Crippen LogP contribution is 2.44. The minimum absolute atomic E-state index is 0.0120. The number of hydrogen-bond acceptors (Lipinski definition) is 4. The number of anilines is 1. The lowest BCUT2D eigenvalue weighted by atomic mass is 10.1. The van der Waals surface area contributed by atoms with Crippen LogP contribution in [0.1, 0.15) is 31.7 Å². The molecule has 2 fully saturated rings. The predicted octanol–water partition coefficient (Wildman–Crippen LogP) is 1.89. The smallest absolute Gasteiger partial charge is 0.191 e. The first-order chi connectivity index (χ1) is 10.9. The molecular weight excluding hydrogens is 295 g/mol. The van der Waals surface area contributed by atoms with Crippen molar-refractivity contribution >= 4 is 16.9 Å². The van der Waals surface area contributed by atoms with E-state index < -0.39 is 5.82 Å². The van der Waals surface area contributed by atoms with Crippen molar-refractivity contribution < 1.29 is 4.39 Å². The Bertz CT molecular complexity index is 856. The number of halogens is 1. The molecule has 23 heavy (non-hydrogen) atoms. The second kappa shape index (κ2) is 4.77. The zero-order valence-electron chi connectivity index (χ0n) is 13.5. The summed E-state index contributed by atoms with van der Waals surface area (Å²) < 4.78 is 16.9. The van der Waals surface area contributed by atoms with Crippen LogP contribution in [0.25, 0.3) is 11.0 Å². The molecule has 1 saturated heterocycles. The first-order valence-corrected chi connectivity index (χ1v) is 8.13. The van der Waals surface area contributed by atoms with Crippen molar-refractivity contribution in [2.45, 2.75) is 44.7 Å². The highest BCUT2D eigenvalue weighted by Gasteiger charge is 2.40. The van der Waals surface area contributed by atoms with E-state index in [1.165, 1.54) is 6.07 Å². The first kappa shape index (κ1) is 14.6. The number of fused-ring (bicyclic) bond motifs is 1. The molecule has 1 saturated carbocycles. The van der Waals surface area contributed by atoms with Gasteiger partial charge < -0.3 is 15.2 Å². The van der Waals surface area contributed by atoms with Gasteiger partial charge in [-0.15, -0.1) is 0 Å². The molecule has 6 heteroatoms. The number of nitrogens with zero attached hydrogens (tertiary/aromatic N) is 3. The van der Waals surface area contributed by atoms with Gasteiger partial charge >= 0.3 is 0 Å². The Hall–Kier alpha value is -1.95. The molecule has 0 amide bonds. The second-order valence-corrected chi connectivity index (χ2v) is 7.11. The third-order valence-corrected chi connectivity index (χ3v) is 5.26. The molecule has 3 heterocycles. The largest absolute Gasteiger partial charge is 0.352 e. The fourth-order valence-corrected chi connectivity index (χ4v) is 3.46. The highest BCUT2D eigenvalue weighted by molar-refractivity contribution is 5.82. The molecule has 2 aliphatic rings. The van der Waals surface area contributed by atoms with E-state index in [9.17, 15) is 9.18 Å². The molecule has 0 unspecified atom stereocenters. The summed E-state index contributed by atoms with van der Waals surface area (Å²) in [7, 11) is 0. The van der Waals surface area contributed by atoms with Crippen LogP contribution >= 0.6 is 0 Å². The van der Waals surface area contributed by atoms with Crippen molar-refractivity contribution in [3.8, 4) is 0 Å². The van der Waals surface area contributed by atoms with Gasteiger partial charge in [0.05, 0.1) is 5.39 Å². The third-order valence-electron chi connectivity index (χ3n) is 5.26. The van der Waals surface area contributed by atoms with Crippen molar-refractivity contribution in [1.82, 2.24) is 9.55 Å². The van der Waals surface area contributed by atoms with Crippen LogP contribution in [-0.2, 0) is 5.54 Å². The standard InChI is InChI=1S/C17H21FN4O/c1-10-13-12(23)4-8-22(17(2)5-6-17)15(13)20-16(14(10)18)21-7-3-11(19)9-21/h4,8,11H,3,5-7,9,19H2,1-2H3/t11-/m0/s1. The fourth-order valence-electron chi connectivity index (χ4n) is 3.46. The van der Waals surface area contributed by atoms with E-state index in [0.29, 0.717) is 35.5 Å². The molecule has 1 aliphatic carbocycles. The molecular formula is C17H21FN4O. The summed E-state index contributed by atoms with van der Waals surface area (Å²) in [4.78, 5) is 18.8. The van der Waals surface area contributed by atoms with Crippen LogP contribution in [0.15, 0.2) is 17.1 Å². The van der Waals surface area contributed by atoms with E-state index in [4.69, 9.17) is 5.73 Å². The maximum atomic E-state index is 14.8. The van der Waals surface area contributed by atoms with Crippen LogP contribution in [0.4, 0.5) is 10.2 Å². The van der Waals surface area contributed by atoms with E-state index in [2.05, 4.69) is 11.9 Å². The van der Waals surface area contributed by atoms with Gasteiger partial charge in [0.15, 0.2) is 17.1 Å². The van der Waals surface area contributed by atoms with Gasteiger partial charge in [0.25, 0.3) is 0 Å². The van der Waals surface area contributed by atoms with Gasteiger partial charge in [0, 0.05) is 42.5 Å². The Labute approximate surface area is 133 Å². The zero-order chi connectivity index (χ0) is 16.4. The van der Waals surface area contributed by atoms with Gasteiger partial charge in [0.2, 0.25) is 0 Å². The molecule has 1 atom stereocenters. The van der Waals surface area contributed by atoms with Crippen LogP contribution in [0, 0.1) is 12.7 Å². The summed E-state index contributed by atoms with van der Waals surface area (Å²) in [6.07, 6.45) is 4.72. The topological polar surface area (TPSA) is 64.2 Å². The molecule has 122 valence electrons. The molecule has 0 spiro atoms. The van der Waals surface area contributed by atoms with Crippen LogP contribution in [0.3, 0.4) is 0 Å². The minimum Gasteiger partial charge on any atom is -0.352 e. The van der Waals surface area contributed by atoms with Crippen molar-refractivity contribution in [3.05, 3.63) is 33.9 Å². The third kappa shape index (κ3) is 2.16. The van der Waals surface area contributed by atoms with Crippen molar-refractivity contribution in [1.29, 1.82) is 0 Å². The predicted molar refractivity (Wildman–Crippen MR) is 88.4 cm³/mol. The number of hydrogen-bond donors (Lipinski definition) is 1. The number of rotatable bonds is 2. The van der Waals surface area contributed by atoms with Gasteiger partial charge in [-0.25, -0.2) is 9.37 Å². The van der Waals surface area contributed by atoms with Crippen LogP contribution < -0.4 is 16.1 Å². The van der Waals surface area contributed by atoms with Crippen molar-refractivity contribution in [2.75, 3.05) is 18.0 Å². The summed E-state index contributed by atoms with van der Waals surface area (Å²) in [6.45, 7) is 5.11. The number of aryl methyl sites for hydroxylation is 1. The molecule has 0 aromatic carbocycles. The van der Waals surface area contributed by atoms with E-state index in [1.807, 2.05) is 9.47 Å². The maximum absolute atomic E-state index is 14.8. The maximum Gasteiger partial charge on any atom is 0.191 e. The lowest BCUT2D eigenvalue weighted by Crippen LogP contribution is -2.28. The number of aromatic nitrogens is 2. The normalized spacial score (nSPS) is 22.8. The average molecular weight is 316 g/mol. The van der Waals surface area contributed by atoms with Crippen LogP contribution in [0.2, 0.25) is 0 Å². The highest BCUT2D eigenvalue weighted by atomic mass is 19.1. The summed E-state index contributed by atoms with van der Waals surface area (Å²) in [5.74, 6) is -0.0750. The molecule has 0 bridgehead atoms. The Morgan fingerprint density at radius 1 is 1.43 bits per heavy atom. The average Bonchev–Trinajstić information content (AvgIpc) is 3.11. The van der Waals surface area contributed by atoms with Gasteiger partial charge in [-0.05, 0) is 33.1 Å². The summed E-state index contributed by atoms with van der Waals surface area (Å²) in [5.41, 5.74) is 6.74. The van der Waals surface area contributed by atoms with Crippen molar-refractivity contribution in [3.63, 3.8) is 0 Å². The van der Waals surface area contributed by atoms with Crippen molar-refractivity contribution in [2.24, 2.45) is 5.73 Å². The van der Waals surface area contributed by atoms with E-state index in [-0.39, 0.29) is 17.0 Å². The summed E-state index contributed by atoms with van der Waals surface area (Å²) in [6, 6.07) is 1.57. The Morgan fingerprint density at radius 3 is 2.78 bits per heavy atom. The lowest BCUT2D eigenvalue weighted by molar-refractivity contribution is 0.541. The van der Waals surface area contributed by atoms with Gasteiger partial charge in [-0.1, -0.05) is 0 Å². The zero-order valence-corrected chi connectivity index (χ0v) is 13.5. The number of pyridine rings is 2. The Kier molecular flexibility index (Phi) is 3.04. The monoisotopic (exact) mass is 316 g/mol. The van der Waals surface area contributed by atoms with Gasteiger partial charge in [0.1, 0.15) is 5.65 Å². The lowest BCUT2D eigenvalue weighted by Gasteiger charge is -2.22. The minimum atomic E-state index is -0.401. The SMILES string of the molecule is Cc1c(F)c(N2CC[C@H](N)C2)nc2c1c(=O)ccn2C1(C)CC1. The van der Waals surface area contributed by atoms with Gasteiger partial charge in [-0.3, -0.25) is 4.79 Å². The summed E-state index contributed by atoms with van der Waals surface area (Å²) in [5, 5.41) is 0.394. The van der Waals surface area contributed by atoms with E-state index in [1.54, 1.807) is 13.1 Å². The molecule has 2 aromatic rings. The van der Waals surface area contributed by atoms with Crippen LogP contribution in [-0.4, -0.2) is 28.7 Å². The fraction of sp³-hybridized carbons (Fsp3) is 0.529. The van der Waals surface area contributed by atoms with Gasteiger partial charge in [-0.2, -0.15) is 0 Å². The summed E-state index contributed by atoms with van der Waals surface area (Å²) >= 11 is 0.